The summed E-state index contributed by atoms with van der Waals surface area (Å²) in [6, 6.07) is 2.55. The summed E-state index contributed by atoms with van der Waals surface area (Å²) in [6.45, 7) is 2.07. The molecule has 1 unspecified atom stereocenters. The van der Waals surface area contributed by atoms with Gasteiger partial charge in [-0.1, -0.05) is 6.92 Å². The summed E-state index contributed by atoms with van der Waals surface area (Å²) in [5.41, 5.74) is 2.84. The molecule has 1 aromatic carbocycles. The van der Waals surface area contributed by atoms with E-state index in [4.69, 9.17) is 5.84 Å². The van der Waals surface area contributed by atoms with Crippen molar-refractivity contribution in [2.75, 3.05) is 0 Å². The van der Waals surface area contributed by atoms with E-state index in [1.807, 2.05) is 0 Å². The van der Waals surface area contributed by atoms with Gasteiger partial charge in [-0.3, -0.25) is 11.3 Å². The number of nitrogens with two attached hydrogens (primary N) is 1. The molecule has 0 spiro atoms. The number of benzene rings is 1. The van der Waals surface area contributed by atoms with Crippen molar-refractivity contribution in [2.45, 2.75) is 32.2 Å². The molecule has 17 heavy (non-hydrogen) atoms. The highest BCUT2D eigenvalue weighted by atomic mass is 79.9. The smallest absolute Gasteiger partial charge is 0.143 e. The van der Waals surface area contributed by atoms with E-state index in [0.29, 0.717) is 0 Å². The van der Waals surface area contributed by atoms with Crippen molar-refractivity contribution in [2.24, 2.45) is 11.3 Å². The van der Waals surface area contributed by atoms with E-state index < -0.39 is 11.6 Å². The molecular formula is C12H15BrF2N2. The molecule has 0 aliphatic heterocycles. The first-order chi connectivity index (χ1) is 7.98. The van der Waals surface area contributed by atoms with Crippen molar-refractivity contribution in [1.29, 1.82) is 0 Å². The number of hydrazine groups is 1. The van der Waals surface area contributed by atoms with Crippen LogP contribution in [0.1, 0.15) is 25.3 Å². The van der Waals surface area contributed by atoms with Crippen molar-refractivity contribution in [1.82, 2.24) is 5.43 Å². The fourth-order valence-electron chi connectivity index (χ4n) is 2.01. The van der Waals surface area contributed by atoms with Gasteiger partial charge in [0.05, 0.1) is 4.47 Å². The highest BCUT2D eigenvalue weighted by Crippen LogP contribution is 2.49. The van der Waals surface area contributed by atoms with Crippen LogP contribution < -0.4 is 11.3 Å². The summed E-state index contributed by atoms with van der Waals surface area (Å²) in [5.74, 6) is 4.43. The zero-order chi connectivity index (χ0) is 12.6. The van der Waals surface area contributed by atoms with E-state index in [9.17, 15) is 8.78 Å². The average molecular weight is 305 g/mol. The minimum Gasteiger partial charge on any atom is -0.271 e. The van der Waals surface area contributed by atoms with Crippen molar-refractivity contribution in [3.63, 3.8) is 0 Å². The van der Waals surface area contributed by atoms with Crippen molar-refractivity contribution in [3.8, 4) is 0 Å². The lowest BCUT2D eigenvalue weighted by molar-refractivity contribution is 0.351. The van der Waals surface area contributed by atoms with Crippen molar-refractivity contribution >= 4 is 15.9 Å². The third-order valence-electron chi connectivity index (χ3n) is 3.63. The second-order valence-corrected chi connectivity index (χ2v) is 5.75. The molecule has 1 aromatic rings. The molecule has 1 fully saturated rings. The quantitative estimate of drug-likeness (QED) is 0.510. The van der Waals surface area contributed by atoms with E-state index in [0.717, 1.165) is 12.8 Å². The van der Waals surface area contributed by atoms with Crippen molar-refractivity contribution in [3.05, 3.63) is 33.8 Å². The molecule has 0 radical (unpaired) electrons. The van der Waals surface area contributed by atoms with Crippen LogP contribution in [0.3, 0.4) is 0 Å². The molecule has 1 saturated carbocycles. The molecule has 0 amide bonds. The van der Waals surface area contributed by atoms with Crippen LogP contribution in [0.4, 0.5) is 8.78 Å². The molecule has 0 aromatic heterocycles. The largest absolute Gasteiger partial charge is 0.271 e. The Kier molecular flexibility index (Phi) is 3.52. The van der Waals surface area contributed by atoms with Crippen LogP contribution in [0.15, 0.2) is 16.6 Å². The lowest BCUT2D eigenvalue weighted by Crippen LogP contribution is -2.43. The minimum absolute atomic E-state index is 0.0654. The molecule has 5 heteroatoms. The van der Waals surface area contributed by atoms with Crippen LogP contribution in [0.25, 0.3) is 0 Å². The van der Waals surface area contributed by atoms with Crippen LogP contribution >= 0.6 is 15.9 Å². The van der Waals surface area contributed by atoms with Gasteiger partial charge < -0.3 is 0 Å². The van der Waals surface area contributed by atoms with Gasteiger partial charge in [0.15, 0.2) is 0 Å². The van der Waals surface area contributed by atoms with Crippen LogP contribution in [0, 0.1) is 17.0 Å². The summed E-state index contributed by atoms with van der Waals surface area (Å²) < 4.78 is 27.7. The van der Waals surface area contributed by atoms with Crippen LogP contribution in [0.5, 0.6) is 0 Å². The molecule has 1 aliphatic carbocycles. The number of hydrogen-bond donors (Lipinski definition) is 2. The molecule has 2 rings (SSSR count). The molecule has 2 nitrogen and oxygen atoms in total. The summed E-state index contributed by atoms with van der Waals surface area (Å²) >= 11 is 3.06. The van der Waals surface area contributed by atoms with Crippen LogP contribution in [-0.4, -0.2) is 6.04 Å². The topological polar surface area (TPSA) is 38.0 Å². The first kappa shape index (κ1) is 12.9. The monoisotopic (exact) mass is 304 g/mol. The van der Waals surface area contributed by atoms with E-state index in [-0.39, 0.29) is 27.9 Å². The molecule has 1 aliphatic rings. The predicted octanol–water partition coefficient (Wildman–Crippen LogP) is 2.90. The van der Waals surface area contributed by atoms with Gasteiger partial charge in [-0.25, -0.2) is 8.78 Å². The number of rotatable bonds is 4. The predicted molar refractivity (Wildman–Crippen MR) is 66.2 cm³/mol. The van der Waals surface area contributed by atoms with E-state index in [1.54, 1.807) is 0 Å². The van der Waals surface area contributed by atoms with Gasteiger partial charge in [-0.05, 0) is 52.7 Å². The molecule has 0 bridgehead atoms. The van der Waals surface area contributed by atoms with Gasteiger partial charge in [0.1, 0.15) is 11.6 Å². The van der Waals surface area contributed by atoms with E-state index >= 15 is 0 Å². The second kappa shape index (κ2) is 4.63. The highest BCUT2D eigenvalue weighted by Gasteiger charge is 2.44. The molecule has 0 heterocycles. The van der Waals surface area contributed by atoms with Gasteiger partial charge in [0.25, 0.3) is 0 Å². The molecule has 94 valence electrons. The summed E-state index contributed by atoms with van der Waals surface area (Å²) in [6.07, 6.45) is 2.35. The standard InChI is InChI=1S/C12H15BrF2N2/c1-12(4-5-12)10(17-16)6-7-9(14)3-2-8(13)11(7)15/h2-3,10,17H,4-6,16H2,1H3. The first-order valence-corrected chi connectivity index (χ1v) is 6.36. The maximum atomic E-state index is 13.8. The average Bonchev–Trinajstić information content (AvgIpc) is 3.03. The van der Waals surface area contributed by atoms with Gasteiger partial charge in [-0.2, -0.15) is 0 Å². The SMILES string of the molecule is CC1(C(Cc2c(F)ccc(Br)c2F)NN)CC1. The molecule has 0 saturated heterocycles. The Hall–Kier alpha value is -0.520. The van der Waals surface area contributed by atoms with E-state index in [1.165, 1.54) is 12.1 Å². The van der Waals surface area contributed by atoms with E-state index in [2.05, 4.69) is 28.3 Å². The molecule has 3 N–H and O–H groups in total. The third-order valence-corrected chi connectivity index (χ3v) is 4.24. The Labute approximate surface area is 108 Å². The lowest BCUT2D eigenvalue weighted by atomic mass is 9.92. The fraction of sp³-hybridized carbons (Fsp3) is 0.500. The number of nitrogens with one attached hydrogen (secondary N) is 1. The van der Waals surface area contributed by atoms with Gasteiger partial charge in [0, 0.05) is 11.6 Å². The number of halogens is 3. The first-order valence-electron chi connectivity index (χ1n) is 5.56. The van der Waals surface area contributed by atoms with Crippen LogP contribution in [0.2, 0.25) is 0 Å². The minimum atomic E-state index is -0.533. The normalized spacial score (nSPS) is 19.1. The maximum Gasteiger partial charge on any atom is 0.143 e. The van der Waals surface area contributed by atoms with Crippen molar-refractivity contribution < 1.29 is 8.78 Å². The van der Waals surface area contributed by atoms with Gasteiger partial charge in [-0.15, -0.1) is 0 Å². The third kappa shape index (κ3) is 2.51. The zero-order valence-electron chi connectivity index (χ0n) is 9.56. The Balaban J connectivity index is 2.26. The molecular weight excluding hydrogens is 290 g/mol. The van der Waals surface area contributed by atoms with Crippen LogP contribution in [-0.2, 0) is 6.42 Å². The second-order valence-electron chi connectivity index (χ2n) is 4.90. The maximum absolute atomic E-state index is 13.8. The molecule has 1 atom stereocenters. The Morgan fingerprint density at radius 2 is 2.12 bits per heavy atom. The van der Waals surface area contributed by atoms with Gasteiger partial charge in [0.2, 0.25) is 0 Å². The van der Waals surface area contributed by atoms with Gasteiger partial charge >= 0.3 is 0 Å². The summed E-state index contributed by atoms with van der Waals surface area (Å²) in [4.78, 5) is 0. The summed E-state index contributed by atoms with van der Waals surface area (Å²) in [5, 5.41) is 0. The zero-order valence-corrected chi connectivity index (χ0v) is 11.2. The Morgan fingerprint density at radius 1 is 1.47 bits per heavy atom. The number of hydrogen-bond acceptors (Lipinski definition) is 2. The Bertz CT molecular complexity index is 433. The summed E-state index contributed by atoms with van der Waals surface area (Å²) in [7, 11) is 0. The lowest BCUT2D eigenvalue weighted by Gasteiger charge is -2.23. The fourth-order valence-corrected chi connectivity index (χ4v) is 2.38. The highest BCUT2D eigenvalue weighted by molar-refractivity contribution is 9.10. The Morgan fingerprint density at radius 3 is 2.65 bits per heavy atom.